The molecule has 2 aliphatic rings. The molecule has 0 spiro atoms. The molecule has 0 saturated heterocycles. The number of carbonyl (C=O) groups excluding carboxylic acids is 2. The van der Waals surface area contributed by atoms with E-state index in [4.69, 9.17) is 39.1 Å². The molecule has 1 saturated carbocycles. The molecule has 3 aromatic rings. The number of rotatable bonds is 4. The lowest BCUT2D eigenvalue weighted by molar-refractivity contribution is -0.120. The topological polar surface area (TPSA) is 121 Å². The Hall–Kier alpha value is -2.91. The van der Waals surface area contributed by atoms with Gasteiger partial charge in [0, 0.05) is 38.5 Å². The quantitative estimate of drug-likeness (QED) is 0.353. The number of carboxylic acid groups (broad SMARTS) is 1. The fourth-order valence-corrected chi connectivity index (χ4v) is 5.67. The zero-order chi connectivity index (χ0) is 27.7. The van der Waals surface area contributed by atoms with Crippen molar-refractivity contribution < 1.29 is 24.6 Å². The van der Waals surface area contributed by atoms with E-state index in [1.807, 2.05) is 35.2 Å². The summed E-state index contributed by atoms with van der Waals surface area (Å²) in [6, 6.07) is 16.2. The predicted molar refractivity (Wildman–Crippen MR) is 150 cm³/mol. The van der Waals surface area contributed by atoms with Crippen molar-refractivity contribution in [3.05, 3.63) is 91.6 Å². The highest BCUT2D eigenvalue weighted by Gasteiger charge is 2.37. The number of amides is 2. The SMILES string of the molecule is Clc1cccc(Cl)c1.NC(=O)C1CN(C2CCCCC2)C(=O)c2ccccc21.O=C(O)c1csc(CO)c1. The first kappa shape index (κ1) is 29.6. The number of benzene rings is 2. The molecule has 2 heterocycles. The van der Waals surface area contributed by atoms with E-state index in [1.165, 1.54) is 29.2 Å². The maximum atomic E-state index is 12.7. The van der Waals surface area contributed by atoms with E-state index in [2.05, 4.69) is 0 Å². The van der Waals surface area contributed by atoms with E-state index in [0.29, 0.717) is 27.0 Å². The second-order valence-electron chi connectivity index (χ2n) is 9.00. The second kappa shape index (κ2) is 14.3. The maximum Gasteiger partial charge on any atom is 0.336 e. The van der Waals surface area contributed by atoms with Crippen LogP contribution in [0, 0.1) is 0 Å². The third-order valence-corrected chi connectivity index (χ3v) is 7.80. The summed E-state index contributed by atoms with van der Waals surface area (Å²) in [5.41, 5.74) is 7.22. The minimum atomic E-state index is -0.948. The number of aliphatic hydroxyl groups excluding tert-OH is 1. The van der Waals surface area contributed by atoms with Gasteiger partial charge in [0.25, 0.3) is 5.91 Å². The molecular formula is C28H30Cl2N2O5S. The largest absolute Gasteiger partial charge is 0.478 e. The molecule has 4 N–H and O–H groups in total. The molecule has 38 heavy (non-hydrogen) atoms. The first-order chi connectivity index (χ1) is 18.2. The molecule has 1 fully saturated rings. The summed E-state index contributed by atoms with van der Waals surface area (Å²) in [6.45, 7) is 0.355. The van der Waals surface area contributed by atoms with Crippen molar-refractivity contribution in [3.8, 4) is 0 Å². The van der Waals surface area contributed by atoms with Gasteiger partial charge < -0.3 is 20.8 Å². The van der Waals surface area contributed by atoms with Crippen molar-refractivity contribution in [2.75, 3.05) is 6.54 Å². The number of hydrogen-bond acceptors (Lipinski definition) is 5. The first-order valence-corrected chi connectivity index (χ1v) is 13.9. The van der Waals surface area contributed by atoms with Crippen molar-refractivity contribution in [2.45, 2.75) is 50.7 Å². The zero-order valence-electron chi connectivity index (χ0n) is 20.7. The minimum Gasteiger partial charge on any atom is -0.478 e. The van der Waals surface area contributed by atoms with Crippen LogP contribution >= 0.6 is 34.5 Å². The summed E-state index contributed by atoms with van der Waals surface area (Å²) >= 11 is 12.4. The van der Waals surface area contributed by atoms with Crippen molar-refractivity contribution in [2.24, 2.45) is 5.73 Å². The van der Waals surface area contributed by atoms with Crippen LogP contribution in [0.4, 0.5) is 0 Å². The number of primary amides is 1. The van der Waals surface area contributed by atoms with Gasteiger partial charge in [-0.05, 0) is 48.7 Å². The van der Waals surface area contributed by atoms with Crippen LogP contribution < -0.4 is 5.73 Å². The number of fused-ring (bicyclic) bond motifs is 1. The normalized spacial score (nSPS) is 16.9. The highest BCUT2D eigenvalue weighted by Crippen LogP contribution is 2.33. The molecule has 2 amide bonds. The molecule has 7 nitrogen and oxygen atoms in total. The van der Waals surface area contributed by atoms with Crippen molar-refractivity contribution in [1.82, 2.24) is 4.90 Å². The lowest BCUT2D eigenvalue weighted by atomic mass is 9.85. The van der Waals surface area contributed by atoms with Gasteiger partial charge in [-0.2, -0.15) is 0 Å². The van der Waals surface area contributed by atoms with Crippen molar-refractivity contribution >= 4 is 52.3 Å². The number of thiophene rings is 1. The van der Waals surface area contributed by atoms with Crippen LogP contribution in [-0.4, -0.2) is 45.5 Å². The van der Waals surface area contributed by atoms with E-state index in [1.54, 1.807) is 18.2 Å². The van der Waals surface area contributed by atoms with Gasteiger partial charge in [-0.3, -0.25) is 9.59 Å². The number of aliphatic hydroxyl groups is 1. The van der Waals surface area contributed by atoms with Crippen molar-refractivity contribution in [1.29, 1.82) is 0 Å². The Morgan fingerprint density at radius 3 is 2.16 bits per heavy atom. The monoisotopic (exact) mass is 576 g/mol. The number of hydrogen-bond donors (Lipinski definition) is 3. The number of halogens is 2. The van der Waals surface area contributed by atoms with Gasteiger partial charge in [-0.15, -0.1) is 11.3 Å². The lowest BCUT2D eigenvalue weighted by Gasteiger charge is -2.40. The van der Waals surface area contributed by atoms with Crippen LogP contribution in [0.2, 0.25) is 10.0 Å². The van der Waals surface area contributed by atoms with E-state index >= 15 is 0 Å². The molecule has 2 aromatic carbocycles. The summed E-state index contributed by atoms with van der Waals surface area (Å²) in [6.07, 6.45) is 5.65. The molecule has 1 aliphatic carbocycles. The van der Waals surface area contributed by atoms with E-state index in [-0.39, 0.29) is 35.9 Å². The van der Waals surface area contributed by atoms with Crippen LogP contribution in [0.25, 0.3) is 0 Å². The van der Waals surface area contributed by atoms with Crippen LogP contribution in [0.3, 0.4) is 0 Å². The van der Waals surface area contributed by atoms with Crippen LogP contribution in [0.5, 0.6) is 0 Å². The van der Waals surface area contributed by atoms with Crippen LogP contribution in [-0.2, 0) is 11.4 Å². The average molecular weight is 578 g/mol. The van der Waals surface area contributed by atoms with Gasteiger partial charge in [0.15, 0.2) is 0 Å². The Balaban J connectivity index is 0.000000185. The summed E-state index contributed by atoms with van der Waals surface area (Å²) in [5.74, 6) is -1.60. The summed E-state index contributed by atoms with van der Waals surface area (Å²) in [5, 5.41) is 19.8. The molecule has 1 aliphatic heterocycles. The van der Waals surface area contributed by atoms with Gasteiger partial charge >= 0.3 is 5.97 Å². The lowest BCUT2D eigenvalue weighted by Crippen LogP contribution is -2.49. The van der Waals surface area contributed by atoms with Gasteiger partial charge in [0.2, 0.25) is 5.91 Å². The number of carbonyl (C=O) groups is 3. The molecule has 1 aromatic heterocycles. The summed E-state index contributed by atoms with van der Waals surface area (Å²) in [4.78, 5) is 37.2. The second-order valence-corrected chi connectivity index (χ2v) is 10.9. The number of nitrogens with two attached hydrogens (primary N) is 1. The molecule has 10 heteroatoms. The smallest absolute Gasteiger partial charge is 0.336 e. The standard InChI is InChI=1S/C16H20N2O2.C6H4Cl2.C6H6O3S/c17-15(19)14-10-18(11-6-2-1-3-7-11)16(20)13-9-5-4-8-12(13)14;7-5-2-1-3-6(8)4-5;7-2-5-1-4(3-10-5)6(8)9/h4-5,8-9,11,14H,1-3,6-7,10H2,(H2,17,19);1-4H;1,3,7H,2H2,(H,8,9). The molecule has 1 unspecified atom stereocenters. The number of nitrogens with zero attached hydrogens (tertiary/aromatic N) is 1. The van der Waals surface area contributed by atoms with E-state index in [9.17, 15) is 14.4 Å². The Bertz CT molecular complexity index is 1240. The fourth-order valence-electron chi connectivity index (χ4n) is 4.51. The summed E-state index contributed by atoms with van der Waals surface area (Å²) in [7, 11) is 0. The van der Waals surface area contributed by atoms with Crippen molar-refractivity contribution in [3.63, 3.8) is 0 Å². The Morgan fingerprint density at radius 1 is 1.00 bits per heavy atom. The van der Waals surface area contributed by atoms with Crippen LogP contribution in [0.1, 0.15) is 69.2 Å². The van der Waals surface area contributed by atoms with Crippen LogP contribution in [0.15, 0.2) is 60.0 Å². The van der Waals surface area contributed by atoms with Gasteiger partial charge in [-0.1, -0.05) is 66.7 Å². The zero-order valence-corrected chi connectivity index (χ0v) is 23.0. The third kappa shape index (κ3) is 8.04. The fraction of sp³-hybridized carbons (Fsp3) is 0.321. The Kier molecular flexibility index (Phi) is 11.2. The highest BCUT2D eigenvalue weighted by atomic mass is 35.5. The molecule has 0 bridgehead atoms. The van der Waals surface area contributed by atoms with E-state index in [0.717, 1.165) is 31.2 Å². The Labute approximate surface area is 235 Å². The minimum absolute atomic E-state index is 0.0602. The predicted octanol–water partition coefficient (Wildman–Crippen LogP) is 5.98. The molecular weight excluding hydrogens is 547 g/mol. The highest BCUT2D eigenvalue weighted by molar-refractivity contribution is 7.10. The third-order valence-electron chi connectivity index (χ3n) is 6.41. The molecule has 0 radical (unpaired) electrons. The van der Waals surface area contributed by atoms with Gasteiger partial charge in [0.05, 0.1) is 18.1 Å². The maximum absolute atomic E-state index is 12.7. The summed E-state index contributed by atoms with van der Waals surface area (Å²) < 4.78 is 0. The van der Waals surface area contributed by atoms with Gasteiger partial charge in [-0.25, -0.2) is 4.79 Å². The molecule has 5 rings (SSSR count). The molecule has 1 atom stereocenters. The number of carboxylic acids is 1. The van der Waals surface area contributed by atoms with Gasteiger partial charge in [0.1, 0.15) is 0 Å². The average Bonchev–Trinajstić information content (AvgIpc) is 3.40. The first-order valence-electron chi connectivity index (χ1n) is 12.2. The Morgan fingerprint density at radius 2 is 1.66 bits per heavy atom. The van der Waals surface area contributed by atoms with E-state index < -0.39 is 5.97 Å². The number of aromatic carboxylic acids is 1. The molecule has 202 valence electrons.